The van der Waals surface area contributed by atoms with E-state index < -0.39 is 0 Å². The second-order valence-electron chi connectivity index (χ2n) is 4.71. The summed E-state index contributed by atoms with van der Waals surface area (Å²) in [5.74, 6) is -0.206. The average Bonchev–Trinajstić information content (AvgIpc) is 2.42. The minimum atomic E-state index is -0.206. The van der Waals surface area contributed by atoms with E-state index in [4.69, 9.17) is 12.2 Å². The molecule has 2 N–H and O–H groups in total. The van der Waals surface area contributed by atoms with Crippen molar-refractivity contribution in [2.24, 2.45) is 0 Å². The first-order valence-electron chi connectivity index (χ1n) is 6.41. The Labute approximate surface area is 143 Å². The van der Waals surface area contributed by atoms with E-state index in [0.717, 1.165) is 14.8 Å². The van der Waals surface area contributed by atoms with Gasteiger partial charge in [0.15, 0.2) is 5.11 Å². The molecular formula is C16H15IN2OS. The van der Waals surface area contributed by atoms with Crippen LogP contribution in [-0.4, -0.2) is 11.0 Å². The highest BCUT2D eigenvalue weighted by Gasteiger charge is 2.11. The van der Waals surface area contributed by atoms with E-state index in [9.17, 15) is 4.79 Å². The van der Waals surface area contributed by atoms with Gasteiger partial charge in [0.1, 0.15) is 0 Å². The molecular weight excluding hydrogens is 395 g/mol. The summed E-state index contributed by atoms with van der Waals surface area (Å²) in [6.07, 6.45) is 0. The molecule has 2 aromatic rings. The molecule has 0 saturated carbocycles. The zero-order valence-electron chi connectivity index (χ0n) is 11.7. The first-order chi connectivity index (χ1) is 9.97. The zero-order chi connectivity index (χ0) is 15.4. The molecule has 108 valence electrons. The van der Waals surface area contributed by atoms with Crippen LogP contribution in [0.3, 0.4) is 0 Å². The summed E-state index contributed by atoms with van der Waals surface area (Å²) in [4.78, 5) is 12.2. The number of thiocarbonyl (C=S) groups is 1. The van der Waals surface area contributed by atoms with Crippen LogP contribution in [0.2, 0.25) is 0 Å². The number of hydrogen-bond acceptors (Lipinski definition) is 2. The third-order valence-electron chi connectivity index (χ3n) is 2.98. The highest BCUT2D eigenvalue weighted by atomic mass is 127. The Morgan fingerprint density at radius 1 is 1.14 bits per heavy atom. The predicted octanol–water partition coefficient (Wildman–Crippen LogP) is 4.03. The molecule has 5 heteroatoms. The molecule has 0 bridgehead atoms. The van der Waals surface area contributed by atoms with Crippen molar-refractivity contribution in [3.8, 4) is 0 Å². The van der Waals surface area contributed by atoms with Gasteiger partial charge in [0, 0.05) is 9.26 Å². The van der Waals surface area contributed by atoms with E-state index in [1.807, 2.05) is 44.2 Å². The molecule has 21 heavy (non-hydrogen) atoms. The molecule has 0 aliphatic carbocycles. The molecule has 2 rings (SSSR count). The second kappa shape index (κ2) is 7.00. The van der Waals surface area contributed by atoms with Gasteiger partial charge in [-0.25, -0.2) is 0 Å². The number of rotatable bonds is 2. The molecule has 0 aliphatic rings. The molecule has 0 unspecified atom stereocenters. The molecule has 0 atom stereocenters. The van der Waals surface area contributed by atoms with Gasteiger partial charge in [-0.3, -0.25) is 10.1 Å². The lowest BCUT2D eigenvalue weighted by atomic mass is 10.1. The van der Waals surface area contributed by atoms with E-state index in [0.29, 0.717) is 10.7 Å². The molecule has 0 aliphatic heterocycles. The number of amides is 1. The lowest BCUT2D eigenvalue weighted by Gasteiger charge is -2.12. The number of aryl methyl sites for hydroxylation is 2. The Morgan fingerprint density at radius 3 is 2.52 bits per heavy atom. The van der Waals surface area contributed by atoms with Crippen LogP contribution in [0, 0.1) is 17.4 Å². The number of halogens is 1. The standard InChI is InChI=1S/C16H15IN2OS/c1-10-7-8-14(11(2)9-10)18-16(21)19-15(20)12-5-3-4-6-13(12)17/h3-9H,1-2H3,(H2,18,19,20,21). The summed E-state index contributed by atoms with van der Waals surface area (Å²) >= 11 is 7.33. The van der Waals surface area contributed by atoms with Crippen LogP contribution in [0.25, 0.3) is 0 Å². The minimum Gasteiger partial charge on any atom is -0.332 e. The third-order valence-corrected chi connectivity index (χ3v) is 4.12. The maximum atomic E-state index is 12.2. The summed E-state index contributed by atoms with van der Waals surface area (Å²) in [5, 5.41) is 6.06. The van der Waals surface area contributed by atoms with Crippen LogP contribution in [0.4, 0.5) is 5.69 Å². The molecule has 3 nitrogen and oxygen atoms in total. The fourth-order valence-electron chi connectivity index (χ4n) is 1.92. The summed E-state index contributed by atoms with van der Waals surface area (Å²) in [7, 11) is 0. The molecule has 0 spiro atoms. The van der Waals surface area contributed by atoms with Crippen LogP contribution in [0.15, 0.2) is 42.5 Å². The monoisotopic (exact) mass is 410 g/mol. The van der Waals surface area contributed by atoms with Gasteiger partial charge in [0.25, 0.3) is 5.91 Å². The number of hydrogen-bond donors (Lipinski definition) is 2. The average molecular weight is 410 g/mol. The molecule has 0 aromatic heterocycles. The molecule has 0 fully saturated rings. The van der Waals surface area contributed by atoms with E-state index >= 15 is 0 Å². The van der Waals surface area contributed by atoms with E-state index in [1.165, 1.54) is 5.56 Å². The third kappa shape index (κ3) is 4.25. The summed E-state index contributed by atoms with van der Waals surface area (Å²) < 4.78 is 0.891. The van der Waals surface area contributed by atoms with Crippen molar-refractivity contribution in [3.05, 3.63) is 62.7 Å². The van der Waals surface area contributed by atoms with Crippen molar-refractivity contribution < 1.29 is 4.79 Å². The summed E-state index contributed by atoms with van der Waals surface area (Å²) in [6, 6.07) is 13.4. The molecule has 0 saturated heterocycles. The quantitative estimate of drug-likeness (QED) is 0.580. The number of anilines is 1. The zero-order valence-corrected chi connectivity index (χ0v) is 14.7. The highest BCUT2D eigenvalue weighted by Crippen LogP contribution is 2.16. The lowest BCUT2D eigenvalue weighted by molar-refractivity contribution is 0.0977. The fraction of sp³-hybridized carbons (Fsp3) is 0.125. The van der Waals surface area contributed by atoms with Gasteiger partial charge in [-0.1, -0.05) is 29.8 Å². The van der Waals surface area contributed by atoms with Gasteiger partial charge in [-0.15, -0.1) is 0 Å². The van der Waals surface area contributed by atoms with Crippen LogP contribution in [0.5, 0.6) is 0 Å². The number of carbonyl (C=O) groups excluding carboxylic acids is 1. The van der Waals surface area contributed by atoms with Gasteiger partial charge >= 0.3 is 0 Å². The van der Waals surface area contributed by atoms with Crippen molar-refractivity contribution in [2.45, 2.75) is 13.8 Å². The summed E-state index contributed by atoms with van der Waals surface area (Å²) in [5.41, 5.74) is 3.78. The molecule has 1 amide bonds. The van der Waals surface area contributed by atoms with Gasteiger partial charge in [-0.2, -0.15) is 0 Å². The van der Waals surface area contributed by atoms with Crippen molar-refractivity contribution in [2.75, 3.05) is 5.32 Å². The first kappa shape index (κ1) is 15.9. The molecule has 2 aromatic carbocycles. The van der Waals surface area contributed by atoms with Gasteiger partial charge in [0.05, 0.1) is 5.56 Å². The van der Waals surface area contributed by atoms with Crippen LogP contribution < -0.4 is 10.6 Å². The van der Waals surface area contributed by atoms with Gasteiger partial charge < -0.3 is 5.32 Å². The highest BCUT2D eigenvalue weighted by molar-refractivity contribution is 14.1. The maximum absolute atomic E-state index is 12.2. The number of benzene rings is 2. The SMILES string of the molecule is Cc1ccc(NC(=S)NC(=O)c2ccccc2I)c(C)c1. The van der Waals surface area contributed by atoms with E-state index in [1.54, 1.807) is 6.07 Å². The number of nitrogens with one attached hydrogen (secondary N) is 2. The maximum Gasteiger partial charge on any atom is 0.258 e. The Morgan fingerprint density at radius 2 is 1.86 bits per heavy atom. The van der Waals surface area contributed by atoms with E-state index in [-0.39, 0.29) is 5.91 Å². The van der Waals surface area contributed by atoms with Gasteiger partial charge in [-0.05, 0) is 72.4 Å². The lowest BCUT2D eigenvalue weighted by Crippen LogP contribution is -2.34. The van der Waals surface area contributed by atoms with Crippen molar-refractivity contribution in [3.63, 3.8) is 0 Å². The number of carbonyl (C=O) groups is 1. The van der Waals surface area contributed by atoms with Crippen LogP contribution in [0.1, 0.15) is 21.5 Å². The van der Waals surface area contributed by atoms with Crippen LogP contribution >= 0.6 is 34.8 Å². The first-order valence-corrected chi connectivity index (χ1v) is 7.90. The van der Waals surface area contributed by atoms with Crippen molar-refractivity contribution >= 4 is 51.5 Å². The largest absolute Gasteiger partial charge is 0.332 e. The molecule has 0 radical (unpaired) electrons. The van der Waals surface area contributed by atoms with Gasteiger partial charge in [0.2, 0.25) is 0 Å². The Hall–Kier alpha value is -1.47. The predicted molar refractivity (Wildman–Crippen MR) is 98.8 cm³/mol. The van der Waals surface area contributed by atoms with E-state index in [2.05, 4.69) is 39.3 Å². The second-order valence-corrected chi connectivity index (χ2v) is 6.28. The smallest absolute Gasteiger partial charge is 0.258 e. The Bertz CT molecular complexity index is 700. The normalized spacial score (nSPS) is 10.0. The minimum absolute atomic E-state index is 0.206. The topological polar surface area (TPSA) is 41.1 Å². The molecule has 0 heterocycles. The Balaban J connectivity index is 2.05. The Kier molecular flexibility index (Phi) is 5.30. The summed E-state index contributed by atoms with van der Waals surface area (Å²) in [6.45, 7) is 4.04. The fourth-order valence-corrected chi connectivity index (χ4v) is 2.76. The van der Waals surface area contributed by atoms with Crippen molar-refractivity contribution in [1.82, 2.24) is 5.32 Å². The van der Waals surface area contributed by atoms with Crippen LogP contribution in [-0.2, 0) is 0 Å². The van der Waals surface area contributed by atoms with Crippen molar-refractivity contribution in [1.29, 1.82) is 0 Å².